The number of nitrogens with two attached hydrogens (primary N) is 2. The maximum Gasteiger partial charge on any atom is 0.154 e. The fraction of sp³-hybridized carbons (Fsp3) is 0.647. The molecule has 22 heavy (non-hydrogen) atoms. The molecule has 0 aliphatic heterocycles. The van der Waals surface area contributed by atoms with E-state index in [4.69, 9.17) is 20.9 Å². The first-order valence-corrected chi connectivity index (χ1v) is 8.70. The van der Waals surface area contributed by atoms with Gasteiger partial charge in [-0.15, -0.1) is 0 Å². The summed E-state index contributed by atoms with van der Waals surface area (Å²) >= 11 is 1.71. The van der Waals surface area contributed by atoms with Crippen LogP contribution in [-0.2, 0) is 4.74 Å². The van der Waals surface area contributed by atoms with Gasteiger partial charge >= 0.3 is 0 Å². The Labute approximate surface area is 138 Å². The van der Waals surface area contributed by atoms with E-state index in [0.29, 0.717) is 6.54 Å². The molecule has 4 nitrogen and oxygen atoms in total. The van der Waals surface area contributed by atoms with E-state index in [0.717, 1.165) is 24.3 Å². The highest BCUT2D eigenvalue weighted by Gasteiger charge is 2.37. The summed E-state index contributed by atoms with van der Waals surface area (Å²) in [5, 5.41) is 0. The van der Waals surface area contributed by atoms with E-state index in [1.807, 2.05) is 31.2 Å². The molecule has 1 aromatic rings. The van der Waals surface area contributed by atoms with Crippen molar-refractivity contribution in [2.75, 3.05) is 12.3 Å². The molecule has 0 spiro atoms. The van der Waals surface area contributed by atoms with Crippen molar-refractivity contribution in [2.45, 2.75) is 63.4 Å². The summed E-state index contributed by atoms with van der Waals surface area (Å²) in [6, 6.07) is 7.50. The first kappa shape index (κ1) is 19.1. The van der Waals surface area contributed by atoms with Gasteiger partial charge in [-0.25, -0.2) is 0 Å². The summed E-state index contributed by atoms with van der Waals surface area (Å²) in [4.78, 5) is -0.716. The van der Waals surface area contributed by atoms with E-state index in [1.54, 1.807) is 11.8 Å². The predicted octanol–water partition coefficient (Wildman–Crippen LogP) is 4.00. The minimum Gasteiger partial charge on any atom is -0.477 e. The lowest BCUT2D eigenvalue weighted by molar-refractivity contribution is -0.0152. The standard InChI is InChI=1S/C17H30N2O2S/c1-6-16(4,20-13(3)12-18)22-17(5,7-2)21-15-10-8-14(19)9-11-15/h8-11,13H,6-7,12,18-19H2,1-5H3. The SMILES string of the molecule is CCC(C)(Oc1ccc(N)cc1)SC(C)(CC)OC(C)CN. The molecule has 126 valence electrons. The summed E-state index contributed by atoms with van der Waals surface area (Å²) < 4.78 is 12.3. The van der Waals surface area contributed by atoms with Crippen LogP contribution in [0.15, 0.2) is 24.3 Å². The van der Waals surface area contributed by atoms with E-state index >= 15 is 0 Å². The van der Waals surface area contributed by atoms with Crippen molar-refractivity contribution in [3.63, 3.8) is 0 Å². The van der Waals surface area contributed by atoms with Gasteiger partial charge in [-0.2, -0.15) is 0 Å². The molecular formula is C17H30N2O2S. The van der Waals surface area contributed by atoms with Crippen molar-refractivity contribution < 1.29 is 9.47 Å². The van der Waals surface area contributed by atoms with E-state index in [2.05, 4.69) is 27.7 Å². The Morgan fingerprint density at radius 3 is 2.09 bits per heavy atom. The van der Waals surface area contributed by atoms with Crippen LogP contribution in [0.25, 0.3) is 0 Å². The molecule has 0 aromatic heterocycles. The van der Waals surface area contributed by atoms with Gasteiger partial charge in [0.2, 0.25) is 0 Å². The highest BCUT2D eigenvalue weighted by Crippen LogP contribution is 2.43. The molecule has 0 radical (unpaired) electrons. The third-order valence-corrected chi connectivity index (χ3v) is 5.33. The largest absolute Gasteiger partial charge is 0.477 e. The van der Waals surface area contributed by atoms with Crippen LogP contribution in [0.2, 0.25) is 0 Å². The van der Waals surface area contributed by atoms with Gasteiger partial charge in [0.15, 0.2) is 4.93 Å². The van der Waals surface area contributed by atoms with Gasteiger partial charge in [0.05, 0.1) is 6.10 Å². The number of thioether (sulfide) groups is 1. The lowest BCUT2D eigenvalue weighted by atomic mass is 10.2. The molecule has 4 N–H and O–H groups in total. The van der Waals surface area contributed by atoms with Crippen LogP contribution in [0.5, 0.6) is 5.75 Å². The topological polar surface area (TPSA) is 70.5 Å². The second kappa shape index (κ2) is 8.09. The molecule has 0 saturated heterocycles. The summed E-state index contributed by atoms with van der Waals surface area (Å²) in [6.45, 7) is 10.9. The summed E-state index contributed by atoms with van der Waals surface area (Å²) in [5.41, 5.74) is 12.1. The first-order valence-electron chi connectivity index (χ1n) is 7.88. The van der Waals surface area contributed by atoms with Crippen molar-refractivity contribution in [3.05, 3.63) is 24.3 Å². The quantitative estimate of drug-likeness (QED) is 0.530. The number of rotatable bonds is 9. The van der Waals surface area contributed by atoms with Gasteiger partial charge in [0.25, 0.3) is 0 Å². The number of benzene rings is 1. The first-order chi connectivity index (χ1) is 10.3. The van der Waals surface area contributed by atoms with Crippen LogP contribution in [0, 0.1) is 0 Å². The van der Waals surface area contributed by atoms with Crippen LogP contribution < -0.4 is 16.2 Å². The van der Waals surface area contributed by atoms with Gasteiger partial charge in [-0.1, -0.05) is 25.6 Å². The molecule has 3 unspecified atom stereocenters. The smallest absolute Gasteiger partial charge is 0.154 e. The predicted molar refractivity (Wildman–Crippen MR) is 96.1 cm³/mol. The molecule has 0 saturated carbocycles. The molecule has 5 heteroatoms. The van der Waals surface area contributed by atoms with E-state index in [-0.39, 0.29) is 16.0 Å². The lowest BCUT2D eigenvalue weighted by Crippen LogP contribution is -2.39. The summed E-state index contributed by atoms with van der Waals surface area (Å²) in [5.74, 6) is 0.816. The van der Waals surface area contributed by atoms with E-state index < -0.39 is 0 Å². The van der Waals surface area contributed by atoms with Crippen LogP contribution in [0.4, 0.5) is 5.69 Å². The normalized spacial score (nSPS) is 18.3. The Bertz CT molecular complexity index is 454. The van der Waals surface area contributed by atoms with Crippen molar-refractivity contribution in [3.8, 4) is 5.75 Å². The maximum absolute atomic E-state index is 6.22. The second-order valence-corrected chi connectivity index (χ2v) is 7.84. The van der Waals surface area contributed by atoms with Crippen molar-refractivity contribution in [1.29, 1.82) is 0 Å². The summed E-state index contributed by atoms with van der Waals surface area (Å²) in [7, 11) is 0. The monoisotopic (exact) mass is 326 g/mol. The molecule has 0 aliphatic carbocycles. The van der Waals surface area contributed by atoms with Crippen LogP contribution in [-0.4, -0.2) is 22.5 Å². The van der Waals surface area contributed by atoms with Crippen molar-refractivity contribution >= 4 is 17.4 Å². The van der Waals surface area contributed by atoms with E-state index in [9.17, 15) is 0 Å². The molecular weight excluding hydrogens is 296 g/mol. The molecule has 0 amide bonds. The Morgan fingerprint density at radius 2 is 1.64 bits per heavy atom. The number of anilines is 1. The van der Waals surface area contributed by atoms with Crippen LogP contribution >= 0.6 is 11.8 Å². The highest BCUT2D eigenvalue weighted by molar-refractivity contribution is 8.01. The fourth-order valence-electron chi connectivity index (χ4n) is 2.06. The second-order valence-electron chi connectivity index (χ2n) is 5.91. The molecule has 0 bridgehead atoms. The third kappa shape index (κ3) is 5.71. The van der Waals surface area contributed by atoms with Crippen molar-refractivity contribution in [1.82, 2.24) is 0 Å². The number of hydrogen-bond acceptors (Lipinski definition) is 5. The average molecular weight is 327 g/mol. The molecule has 0 fully saturated rings. The number of nitrogen functional groups attached to an aromatic ring is 1. The number of hydrogen-bond donors (Lipinski definition) is 2. The van der Waals surface area contributed by atoms with Gasteiger partial charge < -0.3 is 20.9 Å². The molecule has 0 heterocycles. The molecule has 1 aromatic carbocycles. The van der Waals surface area contributed by atoms with Gasteiger partial charge in [0.1, 0.15) is 10.7 Å². The minimum absolute atomic E-state index is 0.0232. The van der Waals surface area contributed by atoms with E-state index in [1.165, 1.54) is 0 Å². The van der Waals surface area contributed by atoms with Crippen LogP contribution in [0.1, 0.15) is 47.5 Å². The highest BCUT2D eigenvalue weighted by atomic mass is 32.2. The average Bonchev–Trinajstić information content (AvgIpc) is 2.49. The maximum atomic E-state index is 6.22. The molecule has 0 aliphatic rings. The molecule has 1 rings (SSSR count). The molecule has 3 atom stereocenters. The Hall–Kier alpha value is -0.910. The van der Waals surface area contributed by atoms with Gasteiger partial charge in [-0.3, -0.25) is 0 Å². The summed E-state index contributed by atoms with van der Waals surface area (Å²) in [6.07, 6.45) is 1.76. The lowest BCUT2D eigenvalue weighted by Gasteiger charge is -2.39. The Balaban J connectivity index is 2.84. The minimum atomic E-state index is -0.380. The Kier molecular flexibility index (Phi) is 7.03. The van der Waals surface area contributed by atoms with Gasteiger partial charge in [-0.05, 0) is 57.9 Å². The number of ether oxygens (including phenoxy) is 2. The zero-order valence-electron chi connectivity index (χ0n) is 14.4. The van der Waals surface area contributed by atoms with Crippen molar-refractivity contribution in [2.24, 2.45) is 5.73 Å². The van der Waals surface area contributed by atoms with Gasteiger partial charge in [0, 0.05) is 12.2 Å². The fourth-order valence-corrected chi connectivity index (χ4v) is 3.61. The zero-order valence-corrected chi connectivity index (χ0v) is 15.2. The Morgan fingerprint density at radius 1 is 1.09 bits per heavy atom. The van der Waals surface area contributed by atoms with Crippen LogP contribution in [0.3, 0.4) is 0 Å². The third-order valence-electron chi connectivity index (χ3n) is 3.71. The zero-order chi connectivity index (χ0) is 16.8.